The molecule has 6 nitrogen and oxygen atoms in total. The second-order valence-corrected chi connectivity index (χ2v) is 5.15. The number of nitrogens with zero attached hydrogens (tertiary/aromatic N) is 2. The van der Waals surface area contributed by atoms with Crippen molar-refractivity contribution in [1.29, 1.82) is 0 Å². The molecule has 6 heteroatoms. The first-order valence-electron chi connectivity index (χ1n) is 6.75. The van der Waals surface area contributed by atoms with Gasteiger partial charge in [0.05, 0.1) is 12.1 Å². The number of anilines is 1. The molecule has 1 aliphatic carbocycles. The number of hydrogen-bond acceptors (Lipinski definition) is 5. The first kappa shape index (κ1) is 14.0. The lowest BCUT2D eigenvalue weighted by Crippen LogP contribution is -2.61. The lowest BCUT2D eigenvalue weighted by molar-refractivity contribution is -0.0127. The highest BCUT2D eigenvalue weighted by Gasteiger charge is 2.40. The van der Waals surface area contributed by atoms with Gasteiger partial charge < -0.3 is 20.4 Å². The Morgan fingerprint density at radius 2 is 2.37 bits per heavy atom. The first-order valence-corrected chi connectivity index (χ1v) is 6.75. The van der Waals surface area contributed by atoms with Gasteiger partial charge in [-0.25, -0.2) is 4.98 Å². The third kappa shape index (κ3) is 2.79. The average Bonchev–Trinajstić information content (AvgIpc) is 2.37. The molecule has 1 fully saturated rings. The standard InChI is InChI=1S/C13H22N4O2/c1-4-19-10-7-9(14)11(10)16-12-13(18)17(8(2)3)6-5-15-12/h5-6,8-11H,4,7,14H2,1-3H3,(H,15,16). The number of hydrogen-bond donors (Lipinski definition) is 2. The molecule has 3 atom stereocenters. The molecule has 3 N–H and O–H groups in total. The van der Waals surface area contributed by atoms with Crippen molar-refractivity contribution in [2.24, 2.45) is 5.73 Å². The highest BCUT2D eigenvalue weighted by molar-refractivity contribution is 5.35. The van der Waals surface area contributed by atoms with Gasteiger partial charge in [0.25, 0.3) is 5.56 Å². The summed E-state index contributed by atoms with van der Waals surface area (Å²) in [5, 5.41) is 3.13. The second kappa shape index (κ2) is 5.71. The van der Waals surface area contributed by atoms with E-state index in [9.17, 15) is 4.79 Å². The van der Waals surface area contributed by atoms with Crippen LogP contribution >= 0.6 is 0 Å². The number of nitrogens with one attached hydrogen (secondary N) is 1. The molecule has 2 rings (SSSR count). The molecule has 1 aromatic rings. The third-order valence-corrected chi connectivity index (χ3v) is 3.47. The van der Waals surface area contributed by atoms with Crippen LogP contribution in [0.25, 0.3) is 0 Å². The average molecular weight is 266 g/mol. The summed E-state index contributed by atoms with van der Waals surface area (Å²) in [6, 6.07) is 0.0717. The Balaban J connectivity index is 2.15. The monoisotopic (exact) mass is 266 g/mol. The van der Waals surface area contributed by atoms with Gasteiger partial charge >= 0.3 is 0 Å². The van der Waals surface area contributed by atoms with Crippen molar-refractivity contribution in [2.45, 2.75) is 51.4 Å². The van der Waals surface area contributed by atoms with Gasteiger partial charge in [-0.1, -0.05) is 0 Å². The molecule has 0 aliphatic heterocycles. The summed E-state index contributed by atoms with van der Waals surface area (Å²) >= 11 is 0. The van der Waals surface area contributed by atoms with Crippen molar-refractivity contribution in [3.63, 3.8) is 0 Å². The van der Waals surface area contributed by atoms with E-state index in [0.29, 0.717) is 12.4 Å². The lowest BCUT2D eigenvalue weighted by atomic mass is 9.83. The number of aromatic nitrogens is 2. The Morgan fingerprint density at radius 1 is 1.63 bits per heavy atom. The van der Waals surface area contributed by atoms with Crippen LogP contribution in [0.5, 0.6) is 0 Å². The summed E-state index contributed by atoms with van der Waals surface area (Å²) in [6.45, 7) is 6.52. The summed E-state index contributed by atoms with van der Waals surface area (Å²) in [4.78, 5) is 16.3. The fourth-order valence-electron chi connectivity index (χ4n) is 2.32. The van der Waals surface area contributed by atoms with Crippen LogP contribution in [-0.4, -0.2) is 34.3 Å². The van der Waals surface area contributed by atoms with Crippen LogP contribution in [0.2, 0.25) is 0 Å². The molecule has 0 bridgehead atoms. The van der Waals surface area contributed by atoms with Crippen LogP contribution in [0.15, 0.2) is 17.2 Å². The van der Waals surface area contributed by atoms with Crippen LogP contribution in [0.3, 0.4) is 0 Å². The van der Waals surface area contributed by atoms with E-state index < -0.39 is 0 Å². The summed E-state index contributed by atoms with van der Waals surface area (Å²) in [6.07, 6.45) is 4.20. The summed E-state index contributed by atoms with van der Waals surface area (Å²) in [5.74, 6) is 0.348. The predicted octanol–water partition coefficient (Wildman–Crippen LogP) is 0.741. The molecular formula is C13H22N4O2. The maximum Gasteiger partial charge on any atom is 0.293 e. The predicted molar refractivity (Wildman–Crippen MR) is 74.3 cm³/mol. The van der Waals surface area contributed by atoms with Crippen molar-refractivity contribution < 1.29 is 4.74 Å². The zero-order chi connectivity index (χ0) is 14.0. The summed E-state index contributed by atoms with van der Waals surface area (Å²) in [7, 11) is 0. The minimum absolute atomic E-state index is 0.00505. The molecule has 0 radical (unpaired) electrons. The molecule has 19 heavy (non-hydrogen) atoms. The van der Waals surface area contributed by atoms with Crippen molar-refractivity contribution in [1.82, 2.24) is 9.55 Å². The van der Waals surface area contributed by atoms with E-state index in [1.165, 1.54) is 0 Å². The fourth-order valence-corrected chi connectivity index (χ4v) is 2.32. The first-order chi connectivity index (χ1) is 9.04. The zero-order valence-electron chi connectivity index (χ0n) is 11.7. The summed E-state index contributed by atoms with van der Waals surface area (Å²) < 4.78 is 7.22. The van der Waals surface area contributed by atoms with E-state index in [0.717, 1.165) is 6.42 Å². The Hall–Kier alpha value is -1.40. The molecule has 0 amide bonds. The van der Waals surface area contributed by atoms with Gasteiger partial charge in [0.1, 0.15) is 0 Å². The maximum atomic E-state index is 12.2. The minimum Gasteiger partial charge on any atom is -0.376 e. The Kier molecular flexibility index (Phi) is 4.21. The van der Waals surface area contributed by atoms with Crippen molar-refractivity contribution in [3.05, 3.63) is 22.7 Å². The Bertz CT molecular complexity index is 484. The van der Waals surface area contributed by atoms with Gasteiger partial charge in [-0.2, -0.15) is 0 Å². The fraction of sp³-hybridized carbons (Fsp3) is 0.692. The third-order valence-electron chi connectivity index (χ3n) is 3.47. The lowest BCUT2D eigenvalue weighted by Gasteiger charge is -2.42. The van der Waals surface area contributed by atoms with Crippen molar-refractivity contribution in [3.8, 4) is 0 Å². The topological polar surface area (TPSA) is 82.2 Å². The molecule has 3 unspecified atom stereocenters. The van der Waals surface area contributed by atoms with E-state index in [4.69, 9.17) is 10.5 Å². The molecule has 0 spiro atoms. The largest absolute Gasteiger partial charge is 0.376 e. The normalized spacial score (nSPS) is 26.3. The van der Waals surface area contributed by atoms with E-state index in [1.807, 2.05) is 20.8 Å². The van der Waals surface area contributed by atoms with Crippen LogP contribution in [0.1, 0.15) is 33.2 Å². The SMILES string of the molecule is CCOC1CC(N)C1Nc1nccn(C(C)C)c1=O. The molecule has 1 aliphatic rings. The van der Waals surface area contributed by atoms with Gasteiger partial charge in [0.15, 0.2) is 5.82 Å². The van der Waals surface area contributed by atoms with Gasteiger partial charge in [0, 0.05) is 31.1 Å². The summed E-state index contributed by atoms with van der Waals surface area (Å²) in [5.41, 5.74) is 5.84. The quantitative estimate of drug-likeness (QED) is 0.821. The second-order valence-electron chi connectivity index (χ2n) is 5.15. The molecular weight excluding hydrogens is 244 g/mol. The number of ether oxygens (including phenoxy) is 1. The van der Waals surface area contributed by atoms with Gasteiger partial charge in [0.2, 0.25) is 0 Å². The van der Waals surface area contributed by atoms with E-state index >= 15 is 0 Å². The molecule has 1 saturated carbocycles. The van der Waals surface area contributed by atoms with Crippen molar-refractivity contribution >= 4 is 5.82 Å². The minimum atomic E-state index is -0.119. The molecule has 106 valence electrons. The van der Waals surface area contributed by atoms with Crippen LogP contribution < -0.4 is 16.6 Å². The highest BCUT2D eigenvalue weighted by atomic mass is 16.5. The molecule has 1 heterocycles. The Labute approximate surface area is 113 Å². The maximum absolute atomic E-state index is 12.2. The van der Waals surface area contributed by atoms with Crippen LogP contribution in [0, 0.1) is 0 Å². The van der Waals surface area contributed by atoms with E-state index in [-0.39, 0.29) is 29.8 Å². The smallest absolute Gasteiger partial charge is 0.293 e. The number of nitrogens with two attached hydrogens (primary N) is 1. The van der Waals surface area contributed by atoms with Crippen molar-refractivity contribution in [2.75, 3.05) is 11.9 Å². The van der Waals surface area contributed by atoms with Gasteiger partial charge in [-0.3, -0.25) is 4.79 Å². The number of rotatable bonds is 5. The molecule has 0 saturated heterocycles. The van der Waals surface area contributed by atoms with Gasteiger partial charge in [-0.05, 0) is 27.2 Å². The zero-order valence-corrected chi connectivity index (χ0v) is 11.7. The van der Waals surface area contributed by atoms with Gasteiger partial charge in [-0.15, -0.1) is 0 Å². The highest BCUT2D eigenvalue weighted by Crippen LogP contribution is 2.24. The molecule has 0 aromatic carbocycles. The Morgan fingerprint density at radius 3 is 2.95 bits per heavy atom. The van der Waals surface area contributed by atoms with Crippen LogP contribution in [0.4, 0.5) is 5.82 Å². The van der Waals surface area contributed by atoms with E-state index in [1.54, 1.807) is 17.0 Å². The molecule has 1 aromatic heterocycles. The van der Waals surface area contributed by atoms with Crippen LogP contribution in [-0.2, 0) is 4.74 Å². The van der Waals surface area contributed by atoms with E-state index in [2.05, 4.69) is 10.3 Å².